The molecule has 2 heterocycles. The second-order valence-electron chi connectivity index (χ2n) is 5.60. The number of carbonyl (C=O) groups excluding carboxylic acids is 1. The molecule has 0 spiro atoms. The Bertz CT molecular complexity index is 772. The third-order valence-electron chi connectivity index (χ3n) is 3.90. The van der Waals surface area contributed by atoms with Gasteiger partial charge in [0.15, 0.2) is 0 Å². The van der Waals surface area contributed by atoms with Gasteiger partial charge in [-0.15, -0.1) is 0 Å². The van der Waals surface area contributed by atoms with E-state index >= 15 is 0 Å². The lowest BCUT2D eigenvalue weighted by Crippen LogP contribution is -2.30. The lowest BCUT2D eigenvalue weighted by atomic mass is 10.1. The van der Waals surface area contributed by atoms with Crippen LogP contribution in [0.25, 0.3) is 5.69 Å². The van der Waals surface area contributed by atoms with E-state index in [9.17, 15) is 4.79 Å². The van der Waals surface area contributed by atoms with Crippen LogP contribution in [0.3, 0.4) is 0 Å². The van der Waals surface area contributed by atoms with Crippen LogP contribution in [0, 0.1) is 6.92 Å². The Morgan fingerprint density at radius 1 is 1.17 bits per heavy atom. The van der Waals surface area contributed by atoms with E-state index in [2.05, 4.69) is 22.5 Å². The van der Waals surface area contributed by atoms with E-state index in [1.807, 2.05) is 61.1 Å². The highest BCUT2D eigenvalue weighted by atomic mass is 16.2. The molecule has 0 bridgehead atoms. The van der Waals surface area contributed by atoms with E-state index in [0.717, 1.165) is 16.9 Å². The number of hydrogen-bond acceptors (Lipinski definition) is 2. The highest BCUT2D eigenvalue weighted by Crippen LogP contribution is 2.16. The van der Waals surface area contributed by atoms with E-state index < -0.39 is 0 Å². The number of benzene rings is 1. The number of nitrogens with zero attached hydrogens (tertiary/aromatic N) is 3. The second kappa shape index (κ2) is 6.52. The summed E-state index contributed by atoms with van der Waals surface area (Å²) in [5, 5.41) is 7.14. The van der Waals surface area contributed by atoms with Crippen LogP contribution in [0.15, 0.2) is 61.1 Å². The third kappa shape index (κ3) is 3.51. The maximum absolute atomic E-state index is 12.1. The minimum Gasteiger partial charge on any atom is -0.348 e. The predicted octanol–water partition coefficient (Wildman–Crippen LogP) is 2.86. The molecule has 1 unspecified atom stereocenters. The normalized spacial score (nSPS) is 12.1. The maximum Gasteiger partial charge on any atom is 0.242 e. The maximum atomic E-state index is 12.1. The van der Waals surface area contributed by atoms with E-state index in [-0.39, 0.29) is 18.5 Å². The molecule has 0 saturated heterocycles. The van der Waals surface area contributed by atoms with Gasteiger partial charge in [-0.25, -0.2) is 0 Å². The summed E-state index contributed by atoms with van der Waals surface area (Å²) in [4.78, 5) is 12.1. The van der Waals surface area contributed by atoms with Crippen LogP contribution in [0.2, 0.25) is 0 Å². The number of aromatic nitrogens is 3. The SMILES string of the molecule is Cc1ccnn1CC(=O)NC(C)c1ccc(-n2cccc2)cc1. The van der Waals surface area contributed by atoms with Gasteiger partial charge in [-0.3, -0.25) is 9.48 Å². The molecule has 0 radical (unpaired) electrons. The fraction of sp³-hybridized carbons (Fsp3) is 0.222. The minimum atomic E-state index is -0.0444. The van der Waals surface area contributed by atoms with Gasteiger partial charge in [0, 0.05) is 30.0 Å². The zero-order valence-corrected chi connectivity index (χ0v) is 13.3. The van der Waals surface area contributed by atoms with Crippen LogP contribution >= 0.6 is 0 Å². The Balaban J connectivity index is 1.62. The highest BCUT2D eigenvalue weighted by Gasteiger charge is 2.11. The van der Waals surface area contributed by atoms with Gasteiger partial charge in [-0.05, 0) is 49.7 Å². The molecule has 5 nitrogen and oxygen atoms in total. The van der Waals surface area contributed by atoms with Crippen LogP contribution < -0.4 is 5.32 Å². The molecule has 3 aromatic rings. The van der Waals surface area contributed by atoms with Gasteiger partial charge in [0.25, 0.3) is 0 Å². The van der Waals surface area contributed by atoms with Gasteiger partial charge < -0.3 is 9.88 Å². The van der Waals surface area contributed by atoms with E-state index in [0.29, 0.717) is 0 Å². The van der Waals surface area contributed by atoms with E-state index in [4.69, 9.17) is 0 Å². The van der Waals surface area contributed by atoms with Crippen molar-refractivity contribution in [2.24, 2.45) is 0 Å². The molecule has 1 amide bonds. The Labute approximate surface area is 135 Å². The van der Waals surface area contributed by atoms with Gasteiger partial charge in [0.05, 0.1) is 6.04 Å². The molecular weight excluding hydrogens is 288 g/mol. The summed E-state index contributed by atoms with van der Waals surface area (Å²) >= 11 is 0. The molecule has 5 heteroatoms. The van der Waals surface area contributed by atoms with Gasteiger partial charge in [0.2, 0.25) is 5.91 Å². The highest BCUT2D eigenvalue weighted by molar-refractivity contribution is 5.76. The average molecular weight is 308 g/mol. The first-order valence-electron chi connectivity index (χ1n) is 7.64. The molecule has 1 atom stereocenters. The molecule has 0 fully saturated rings. The molecule has 0 saturated carbocycles. The number of rotatable bonds is 5. The third-order valence-corrected chi connectivity index (χ3v) is 3.90. The topological polar surface area (TPSA) is 51.9 Å². The van der Waals surface area contributed by atoms with Gasteiger partial charge >= 0.3 is 0 Å². The minimum absolute atomic E-state index is 0.0428. The molecule has 3 rings (SSSR count). The zero-order valence-electron chi connectivity index (χ0n) is 13.3. The molecular formula is C18H20N4O. The summed E-state index contributed by atoms with van der Waals surface area (Å²) in [5.74, 6) is -0.0428. The molecule has 0 aliphatic heterocycles. The Hall–Kier alpha value is -2.82. The van der Waals surface area contributed by atoms with Crippen molar-refractivity contribution in [3.63, 3.8) is 0 Å². The van der Waals surface area contributed by atoms with Gasteiger partial charge in [0.1, 0.15) is 6.54 Å². The first-order chi connectivity index (χ1) is 11.1. The van der Waals surface area contributed by atoms with Crippen molar-refractivity contribution in [1.82, 2.24) is 19.7 Å². The number of hydrogen-bond donors (Lipinski definition) is 1. The van der Waals surface area contributed by atoms with Crippen molar-refractivity contribution < 1.29 is 4.79 Å². The lowest BCUT2D eigenvalue weighted by molar-refractivity contribution is -0.122. The Kier molecular flexibility index (Phi) is 4.28. The summed E-state index contributed by atoms with van der Waals surface area (Å²) in [5.41, 5.74) is 3.15. The first kappa shape index (κ1) is 15.1. The fourth-order valence-electron chi connectivity index (χ4n) is 2.51. The predicted molar refractivity (Wildman–Crippen MR) is 89.3 cm³/mol. The fourth-order valence-corrected chi connectivity index (χ4v) is 2.51. The number of aryl methyl sites for hydroxylation is 1. The first-order valence-corrected chi connectivity index (χ1v) is 7.64. The molecule has 0 aliphatic rings. The largest absolute Gasteiger partial charge is 0.348 e. The van der Waals surface area contributed by atoms with Crippen molar-refractivity contribution in [2.45, 2.75) is 26.4 Å². The number of nitrogens with one attached hydrogen (secondary N) is 1. The van der Waals surface area contributed by atoms with E-state index in [1.54, 1.807) is 10.9 Å². The summed E-state index contributed by atoms with van der Waals surface area (Å²) in [6, 6.07) is 14.0. The van der Waals surface area contributed by atoms with Crippen LogP contribution in [0.5, 0.6) is 0 Å². The van der Waals surface area contributed by atoms with Crippen molar-refractivity contribution in [1.29, 1.82) is 0 Å². The quantitative estimate of drug-likeness (QED) is 0.788. The van der Waals surface area contributed by atoms with Crippen molar-refractivity contribution in [2.75, 3.05) is 0 Å². The zero-order chi connectivity index (χ0) is 16.2. The smallest absolute Gasteiger partial charge is 0.242 e. The monoisotopic (exact) mass is 308 g/mol. The van der Waals surface area contributed by atoms with Crippen LogP contribution in [-0.4, -0.2) is 20.3 Å². The lowest BCUT2D eigenvalue weighted by Gasteiger charge is -2.15. The molecule has 0 aliphatic carbocycles. The van der Waals surface area contributed by atoms with Crippen molar-refractivity contribution >= 4 is 5.91 Å². The summed E-state index contributed by atoms with van der Waals surface area (Å²) in [6.45, 7) is 4.16. The molecule has 1 aromatic carbocycles. The number of carbonyl (C=O) groups is 1. The standard InChI is InChI=1S/C18H20N4O/c1-14-9-10-19-22(14)13-18(23)20-15(2)16-5-7-17(8-6-16)21-11-3-4-12-21/h3-12,15H,13H2,1-2H3,(H,20,23). The average Bonchev–Trinajstić information content (AvgIpc) is 3.20. The summed E-state index contributed by atoms with van der Waals surface area (Å²) < 4.78 is 3.74. The molecule has 2 aromatic heterocycles. The molecule has 1 N–H and O–H groups in total. The van der Waals surface area contributed by atoms with Crippen LogP contribution in [0.1, 0.15) is 24.2 Å². The summed E-state index contributed by atoms with van der Waals surface area (Å²) in [6.07, 6.45) is 5.71. The van der Waals surface area contributed by atoms with Crippen LogP contribution in [-0.2, 0) is 11.3 Å². The van der Waals surface area contributed by atoms with Gasteiger partial charge in [-0.1, -0.05) is 12.1 Å². The summed E-state index contributed by atoms with van der Waals surface area (Å²) in [7, 11) is 0. The Morgan fingerprint density at radius 3 is 2.48 bits per heavy atom. The van der Waals surface area contributed by atoms with Crippen molar-refractivity contribution in [3.8, 4) is 5.69 Å². The second-order valence-corrected chi connectivity index (χ2v) is 5.60. The van der Waals surface area contributed by atoms with Crippen molar-refractivity contribution in [3.05, 3.63) is 72.3 Å². The van der Waals surface area contributed by atoms with Gasteiger partial charge in [-0.2, -0.15) is 5.10 Å². The Morgan fingerprint density at radius 2 is 1.87 bits per heavy atom. The number of amides is 1. The molecule has 118 valence electrons. The van der Waals surface area contributed by atoms with Crippen LogP contribution in [0.4, 0.5) is 0 Å². The van der Waals surface area contributed by atoms with E-state index in [1.165, 1.54) is 0 Å². The molecule has 23 heavy (non-hydrogen) atoms.